The van der Waals surface area contributed by atoms with Crippen molar-refractivity contribution in [1.29, 1.82) is 0 Å². The van der Waals surface area contributed by atoms with Gasteiger partial charge in [0.1, 0.15) is 5.82 Å². The summed E-state index contributed by atoms with van der Waals surface area (Å²) in [5.74, 6) is 0.870. The number of hydrogen-bond acceptors (Lipinski definition) is 4. The lowest BCUT2D eigenvalue weighted by molar-refractivity contribution is -0.139. The van der Waals surface area contributed by atoms with E-state index in [9.17, 15) is 9.59 Å². The Morgan fingerprint density at radius 2 is 1.59 bits per heavy atom. The van der Waals surface area contributed by atoms with Gasteiger partial charge in [-0.1, -0.05) is 32.4 Å². The number of piperazine rings is 1. The van der Waals surface area contributed by atoms with Gasteiger partial charge in [0.2, 0.25) is 5.91 Å². The van der Waals surface area contributed by atoms with Crippen LogP contribution in [0.1, 0.15) is 50.4 Å². The van der Waals surface area contributed by atoms with Crippen LogP contribution < -0.4 is 4.90 Å². The second kappa shape index (κ2) is 8.05. The number of amides is 2. The van der Waals surface area contributed by atoms with Crippen molar-refractivity contribution in [2.24, 2.45) is 5.41 Å². The first-order chi connectivity index (χ1) is 12.8. The van der Waals surface area contributed by atoms with Crippen molar-refractivity contribution in [2.75, 3.05) is 44.2 Å². The lowest BCUT2D eigenvalue weighted by Gasteiger charge is -2.38. The molecule has 3 heterocycles. The molecule has 0 bridgehead atoms. The van der Waals surface area contributed by atoms with Crippen LogP contribution in [0.15, 0.2) is 12.3 Å². The smallest absolute Gasteiger partial charge is 0.255 e. The van der Waals surface area contributed by atoms with E-state index >= 15 is 0 Å². The van der Waals surface area contributed by atoms with Crippen molar-refractivity contribution in [3.05, 3.63) is 22.8 Å². The van der Waals surface area contributed by atoms with Gasteiger partial charge in [-0.15, -0.1) is 0 Å². The van der Waals surface area contributed by atoms with Gasteiger partial charge in [-0.3, -0.25) is 9.59 Å². The van der Waals surface area contributed by atoms with Crippen LogP contribution in [-0.2, 0) is 4.79 Å². The summed E-state index contributed by atoms with van der Waals surface area (Å²) in [6.07, 6.45) is 4.93. The van der Waals surface area contributed by atoms with E-state index in [0.717, 1.165) is 25.9 Å². The van der Waals surface area contributed by atoms with Crippen LogP contribution in [0.2, 0.25) is 5.02 Å². The zero-order valence-electron chi connectivity index (χ0n) is 16.5. The Labute approximate surface area is 166 Å². The minimum atomic E-state index is -0.367. The number of anilines is 1. The molecule has 2 saturated heterocycles. The maximum atomic E-state index is 12.6. The second-order valence-corrected chi connectivity index (χ2v) is 8.82. The highest BCUT2D eigenvalue weighted by molar-refractivity contribution is 6.33. The first kappa shape index (κ1) is 19.9. The molecule has 2 amide bonds. The third-order valence-electron chi connectivity index (χ3n) is 5.22. The van der Waals surface area contributed by atoms with Crippen molar-refractivity contribution in [1.82, 2.24) is 14.8 Å². The molecule has 0 radical (unpaired) electrons. The van der Waals surface area contributed by atoms with Crippen molar-refractivity contribution in [3.63, 3.8) is 0 Å². The molecule has 0 spiro atoms. The molecule has 0 aliphatic carbocycles. The third kappa shape index (κ3) is 4.54. The van der Waals surface area contributed by atoms with Crippen LogP contribution in [0.3, 0.4) is 0 Å². The molecule has 0 N–H and O–H groups in total. The molecule has 0 saturated carbocycles. The summed E-state index contributed by atoms with van der Waals surface area (Å²) in [6, 6.07) is 1.73. The van der Waals surface area contributed by atoms with Gasteiger partial charge in [0, 0.05) is 50.9 Å². The van der Waals surface area contributed by atoms with Crippen LogP contribution in [-0.4, -0.2) is 65.9 Å². The molecule has 3 rings (SSSR count). The summed E-state index contributed by atoms with van der Waals surface area (Å²) in [6.45, 7) is 10.1. The Morgan fingerprint density at radius 3 is 2.15 bits per heavy atom. The maximum Gasteiger partial charge on any atom is 0.255 e. The van der Waals surface area contributed by atoms with Gasteiger partial charge < -0.3 is 14.7 Å². The van der Waals surface area contributed by atoms with E-state index in [0.29, 0.717) is 42.6 Å². The lowest BCUT2D eigenvalue weighted by Crippen LogP contribution is -2.52. The van der Waals surface area contributed by atoms with Crippen LogP contribution in [0.25, 0.3) is 0 Å². The number of carbonyl (C=O) groups excluding carboxylic acids is 2. The molecule has 1 aromatic rings. The van der Waals surface area contributed by atoms with Crippen LogP contribution >= 0.6 is 11.6 Å². The van der Waals surface area contributed by atoms with Gasteiger partial charge in [-0.05, 0) is 25.3 Å². The molecule has 0 aromatic carbocycles. The van der Waals surface area contributed by atoms with Crippen molar-refractivity contribution < 1.29 is 9.59 Å². The van der Waals surface area contributed by atoms with Crippen LogP contribution in [0.5, 0.6) is 0 Å². The number of hydrogen-bond donors (Lipinski definition) is 0. The van der Waals surface area contributed by atoms with Crippen LogP contribution in [0.4, 0.5) is 5.82 Å². The number of aromatic nitrogens is 1. The predicted octanol–water partition coefficient (Wildman–Crippen LogP) is 3.06. The number of nitrogens with zero attached hydrogens (tertiary/aromatic N) is 4. The van der Waals surface area contributed by atoms with Crippen molar-refractivity contribution in [2.45, 2.75) is 40.0 Å². The van der Waals surface area contributed by atoms with E-state index < -0.39 is 0 Å². The zero-order chi connectivity index (χ0) is 19.6. The first-order valence-corrected chi connectivity index (χ1v) is 10.1. The molecule has 1 aromatic heterocycles. The monoisotopic (exact) mass is 392 g/mol. The average molecular weight is 393 g/mol. The van der Waals surface area contributed by atoms with Crippen molar-refractivity contribution >= 4 is 29.2 Å². The highest BCUT2D eigenvalue weighted by Gasteiger charge is 2.30. The Hall–Kier alpha value is -1.82. The number of piperidine rings is 1. The topological polar surface area (TPSA) is 56.8 Å². The Kier molecular flexibility index (Phi) is 5.94. The standard InChI is InChI=1S/C20H29ClN4O2/c1-20(2,3)19(27)25-11-9-23(10-12-25)17-16(21)13-15(14-22-17)18(26)24-7-5-4-6-8-24/h13-14H,4-12H2,1-3H3. The van der Waals surface area contributed by atoms with E-state index in [-0.39, 0.29) is 17.2 Å². The molecule has 2 aliphatic rings. The molecule has 2 aliphatic heterocycles. The summed E-state index contributed by atoms with van der Waals surface area (Å²) in [5.41, 5.74) is 0.182. The number of pyridine rings is 1. The van der Waals surface area contributed by atoms with Gasteiger partial charge in [0.25, 0.3) is 5.91 Å². The fourth-order valence-electron chi connectivity index (χ4n) is 3.66. The largest absolute Gasteiger partial charge is 0.352 e. The Morgan fingerprint density at radius 1 is 0.963 bits per heavy atom. The van der Waals surface area contributed by atoms with Gasteiger partial charge in [0.15, 0.2) is 0 Å². The minimum Gasteiger partial charge on any atom is -0.352 e. The molecule has 27 heavy (non-hydrogen) atoms. The van der Waals surface area contributed by atoms with Gasteiger partial charge in [0.05, 0.1) is 10.6 Å². The van der Waals surface area contributed by atoms with Crippen LogP contribution in [0, 0.1) is 5.41 Å². The molecule has 2 fully saturated rings. The Bertz CT molecular complexity index is 702. The first-order valence-electron chi connectivity index (χ1n) is 9.76. The Balaban J connectivity index is 1.65. The summed E-state index contributed by atoms with van der Waals surface area (Å²) in [5, 5.41) is 0.494. The molecular formula is C20H29ClN4O2. The normalized spacial score (nSPS) is 18.6. The second-order valence-electron chi connectivity index (χ2n) is 8.41. The zero-order valence-corrected chi connectivity index (χ0v) is 17.3. The highest BCUT2D eigenvalue weighted by Crippen LogP contribution is 2.27. The minimum absolute atomic E-state index is 0.0104. The molecule has 0 unspecified atom stereocenters. The van der Waals surface area contributed by atoms with Crippen molar-refractivity contribution in [3.8, 4) is 0 Å². The fourth-order valence-corrected chi connectivity index (χ4v) is 3.94. The third-order valence-corrected chi connectivity index (χ3v) is 5.50. The fraction of sp³-hybridized carbons (Fsp3) is 0.650. The number of rotatable bonds is 2. The number of carbonyl (C=O) groups is 2. The molecule has 0 atom stereocenters. The quantitative estimate of drug-likeness (QED) is 0.776. The summed E-state index contributed by atoms with van der Waals surface area (Å²) >= 11 is 6.46. The van der Waals surface area contributed by atoms with E-state index in [1.54, 1.807) is 12.3 Å². The summed E-state index contributed by atoms with van der Waals surface area (Å²) in [4.78, 5) is 35.4. The SMILES string of the molecule is CC(C)(C)C(=O)N1CCN(c2ncc(C(=O)N3CCCCC3)cc2Cl)CC1. The molecule has 7 heteroatoms. The van der Waals surface area contributed by atoms with E-state index in [1.807, 2.05) is 30.6 Å². The van der Waals surface area contributed by atoms with Gasteiger partial charge >= 0.3 is 0 Å². The van der Waals surface area contributed by atoms with Gasteiger partial charge in [-0.2, -0.15) is 0 Å². The molecule has 6 nitrogen and oxygen atoms in total. The summed E-state index contributed by atoms with van der Waals surface area (Å²) in [7, 11) is 0. The lowest BCUT2D eigenvalue weighted by atomic mass is 9.94. The summed E-state index contributed by atoms with van der Waals surface area (Å²) < 4.78 is 0. The molecule has 148 valence electrons. The maximum absolute atomic E-state index is 12.6. The van der Waals surface area contributed by atoms with E-state index in [4.69, 9.17) is 11.6 Å². The van der Waals surface area contributed by atoms with E-state index in [1.165, 1.54) is 6.42 Å². The number of halogens is 1. The van der Waals surface area contributed by atoms with E-state index in [2.05, 4.69) is 9.88 Å². The number of likely N-dealkylation sites (tertiary alicyclic amines) is 1. The van der Waals surface area contributed by atoms with Gasteiger partial charge in [-0.25, -0.2) is 4.98 Å². The highest BCUT2D eigenvalue weighted by atomic mass is 35.5. The predicted molar refractivity (Wildman–Crippen MR) is 107 cm³/mol. The average Bonchev–Trinajstić information content (AvgIpc) is 2.67. The molecular weight excluding hydrogens is 364 g/mol.